The van der Waals surface area contributed by atoms with E-state index in [4.69, 9.17) is 25.5 Å². The second-order valence-corrected chi connectivity index (χ2v) is 6.70. The van der Waals surface area contributed by atoms with E-state index in [0.29, 0.717) is 0 Å². The first-order valence-corrected chi connectivity index (χ1v) is 10.2. The molecule has 16 heteroatoms. The molecule has 0 unspecified atom stereocenters. The summed E-state index contributed by atoms with van der Waals surface area (Å²) in [5.41, 5.74) is -0.535. The first-order chi connectivity index (χ1) is 17.8. The second kappa shape index (κ2) is 25.1. The number of carboxylic acid groups (broad SMARTS) is 5. The maximum atomic E-state index is 10.2. The van der Waals surface area contributed by atoms with E-state index in [0.717, 1.165) is 0 Å². The Hall–Kier alpha value is -2.59. The molecule has 5 N–H and O–H groups in total. The van der Waals surface area contributed by atoms with Gasteiger partial charge in [-0.25, -0.2) is 0 Å². The van der Waals surface area contributed by atoms with Gasteiger partial charge in [-0.3, -0.25) is 9.59 Å². The fourth-order valence-electron chi connectivity index (χ4n) is 2.15. The molecule has 3 aromatic rings. The number of aliphatic carboxylic acids is 2. The van der Waals surface area contributed by atoms with Gasteiger partial charge in [0.25, 0.3) is 0 Å². The zero-order chi connectivity index (χ0) is 29.3. The molecule has 3 rings (SSSR count). The number of hydrogen-bond acceptors (Lipinski definition) is 11. The van der Waals surface area contributed by atoms with Gasteiger partial charge >= 0.3 is 101 Å². The number of benzene rings is 3. The van der Waals surface area contributed by atoms with Crippen LogP contribution in [0, 0.1) is 0 Å². The average molecular weight is 598 g/mol. The van der Waals surface area contributed by atoms with Crippen LogP contribution in [0.2, 0.25) is 0 Å². The van der Waals surface area contributed by atoms with Crippen molar-refractivity contribution in [3.8, 4) is 17.2 Å². The Balaban J connectivity index is -0.000000218. The van der Waals surface area contributed by atoms with Crippen LogP contribution in [0.3, 0.4) is 0 Å². The Morgan fingerprint density at radius 1 is 0.463 bits per heavy atom. The van der Waals surface area contributed by atoms with Crippen molar-refractivity contribution >= 4 is 29.8 Å². The van der Waals surface area contributed by atoms with Crippen LogP contribution in [0.5, 0.6) is 17.2 Å². The third-order valence-electron chi connectivity index (χ3n) is 3.92. The molecule has 13 nitrogen and oxygen atoms in total. The molecule has 41 heavy (non-hydrogen) atoms. The number of carbonyl (C=O) groups excluding carboxylic acids is 3. The summed E-state index contributed by atoms with van der Waals surface area (Å²) in [7, 11) is 0. The van der Waals surface area contributed by atoms with E-state index in [9.17, 15) is 39.3 Å². The molecule has 0 saturated heterocycles. The van der Waals surface area contributed by atoms with Gasteiger partial charge in [-0.1, -0.05) is 36.4 Å². The summed E-state index contributed by atoms with van der Waals surface area (Å²) in [4.78, 5) is 49.7. The fraction of sp³-hybridized carbons (Fsp3) is 0.0800. The summed E-state index contributed by atoms with van der Waals surface area (Å²) < 4.78 is 0. The number of aromatic carboxylic acids is 3. The van der Waals surface area contributed by atoms with Gasteiger partial charge in [-0.15, -0.1) is 0 Å². The molecule has 0 atom stereocenters. The summed E-state index contributed by atoms with van der Waals surface area (Å²) in [5, 5.41) is 72.8. The molecule has 0 saturated carbocycles. The second-order valence-electron chi connectivity index (χ2n) is 6.70. The van der Waals surface area contributed by atoms with Crippen molar-refractivity contribution < 1.29 is 153 Å². The molecule has 3 aromatic carbocycles. The minimum atomic E-state index is -1.36. The van der Waals surface area contributed by atoms with Crippen molar-refractivity contribution in [1.82, 2.24) is 0 Å². The van der Waals surface area contributed by atoms with Crippen LogP contribution >= 0.6 is 0 Å². The summed E-state index contributed by atoms with van der Waals surface area (Å²) in [6, 6.07) is 16.9. The molecule has 0 spiro atoms. The molecule has 0 amide bonds. The maximum absolute atomic E-state index is 10.2. The molecular formula is C25H21Na3O13. The van der Waals surface area contributed by atoms with Crippen molar-refractivity contribution in [2.75, 3.05) is 0 Å². The number of aromatic hydroxyl groups is 3. The molecular weight excluding hydrogens is 577 g/mol. The van der Waals surface area contributed by atoms with Crippen molar-refractivity contribution in [3.63, 3.8) is 0 Å². The van der Waals surface area contributed by atoms with Crippen LogP contribution < -0.4 is 104 Å². The molecule has 0 radical (unpaired) electrons. The van der Waals surface area contributed by atoms with Gasteiger partial charge in [0.2, 0.25) is 0 Å². The Bertz CT molecular complexity index is 1120. The van der Waals surface area contributed by atoms with E-state index in [1.807, 2.05) is 0 Å². The van der Waals surface area contributed by atoms with Crippen LogP contribution in [0.25, 0.3) is 0 Å². The number of para-hydroxylation sites is 3. The van der Waals surface area contributed by atoms with Crippen molar-refractivity contribution in [3.05, 3.63) is 89.5 Å². The van der Waals surface area contributed by atoms with Crippen LogP contribution in [0.4, 0.5) is 0 Å². The molecule has 0 heterocycles. The molecule has 0 aromatic heterocycles. The van der Waals surface area contributed by atoms with Gasteiger partial charge in [-0.05, 0) is 36.4 Å². The van der Waals surface area contributed by atoms with Crippen molar-refractivity contribution in [2.45, 2.75) is 12.8 Å². The molecule has 0 aliphatic carbocycles. The monoisotopic (exact) mass is 598 g/mol. The van der Waals surface area contributed by atoms with E-state index in [1.165, 1.54) is 54.6 Å². The number of carboxylic acids is 5. The quantitative estimate of drug-likeness (QED) is 0.165. The Morgan fingerprint density at radius 2 is 0.659 bits per heavy atom. The average Bonchev–Trinajstić information content (AvgIpc) is 2.84. The van der Waals surface area contributed by atoms with Crippen LogP contribution in [0.1, 0.15) is 43.9 Å². The third-order valence-corrected chi connectivity index (χ3v) is 3.92. The van der Waals surface area contributed by atoms with E-state index < -0.39 is 29.8 Å². The van der Waals surface area contributed by atoms with E-state index in [2.05, 4.69) is 0 Å². The Morgan fingerprint density at radius 3 is 0.780 bits per heavy atom. The smallest absolute Gasteiger partial charge is 0.545 e. The zero-order valence-electron chi connectivity index (χ0n) is 22.3. The summed E-state index contributed by atoms with van der Waals surface area (Å²) in [5.74, 6) is -7.03. The zero-order valence-corrected chi connectivity index (χ0v) is 28.3. The summed E-state index contributed by atoms with van der Waals surface area (Å²) in [6.45, 7) is 0. The van der Waals surface area contributed by atoms with Gasteiger partial charge in [0.1, 0.15) is 17.2 Å². The van der Waals surface area contributed by atoms with E-state index >= 15 is 0 Å². The predicted octanol–water partition coefficient (Wildman–Crippen LogP) is -9.79. The Labute approximate surface area is 300 Å². The van der Waals surface area contributed by atoms with Gasteiger partial charge in [-0.2, -0.15) is 0 Å². The van der Waals surface area contributed by atoms with E-state index in [-0.39, 0.29) is 135 Å². The third kappa shape index (κ3) is 20.9. The molecule has 0 fully saturated rings. The SMILES string of the molecule is O=C(O)CCC(=O)O.O=C([O-])c1ccccc1O.O=C([O-])c1ccccc1O.O=C([O-])c1ccccc1O.[Na+].[Na+].[Na+]. The summed E-state index contributed by atoms with van der Waals surface area (Å²) in [6.07, 6.45) is -0.593. The first-order valence-electron chi connectivity index (χ1n) is 10.2. The van der Waals surface area contributed by atoms with Gasteiger partial charge in [0.05, 0.1) is 30.7 Å². The number of hydrogen-bond donors (Lipinski definition) is 5. The standard InChI is InChI=1S/3C7H6O3.C4H6O4.3Na/c3*8-6-4-2-1-3-5(6)7(9)10;5-3(6)1-2-4(7)8;;;/h3*1-4,8H,(H,9,10);1-2H2,(H,5,6)(H,7,8);;;/q;;;;3*+1/p-3. The van der Waals surface area contributed by atoms with Gasteiger partial charge < -0.3 is 55.2 Å². The topological polar surface area (TPSA) is 256 Å². The van der Waals surface area contributed by atoms with Crippen LogP contribution in [-0.2, 0) is 9.59 Å². The Kier molecular flexibility index (Phi) is 27.8. The first kappa shape index (κ1) is 45.4. The molecule has 202 valence electrons. The largest absolute Gasteiger partial charge is 1.00 e. The van der Waals surface area contributed by atoms with Crippen molar-refractivity contribution in [1.29, 1.82) is 0 Å². The number of phenols is 3. The minimum Gasteiger partial charge on any atom is -0.545 e. The van der Waals surface area contributed by atoms with Gasteiger partial charge in [0, 0.05) is 16.7 Å². The fourth-order valence-corrected chi connectivity index (χ4v) is 2.15. The number of carbonyl (C=O) groups is 5. The van der Waals surface area contributed by atoms with Crippen LogP contribution in [0.15, 0.2) is 72.8 Å². The minimum absolute atomic E-state index is 0. The molecule has 0 aliphatic rings. The maximum Gasteiger partial charge on any atom is 1.00 e. The van der Waals surface area contributed by atoms with Gasteiger partial charge in [0.15, 0.2) is 0 Å². The number of rotatable bonds is 6. The van der Waals surface area contributed by atoms with E-state index in [1.54, 1.807) is 18.2 Å². The summed E-state index contributed by atoms with van der Waals surface area (Å²) >= 11 is 0. The molecule has 0 aliphatic heterocycles. The van der Waals surface area contributed by atoms with Crippen molar-refractivity contribution in [2.24, 2.45) is 0 Å². The molecule has 0 bridgehead atoms. The predicted molar refractivity (Wildman–Crippen MR) is 122 cm³/mol. The normalized spacial score (nSPS) is 8.39. The van der Waals surface area contributed by atoms with Crippen LogP contribution in [-0.4, -0.2) is 55.4 Å².